The molecule has 2 aliphatic rings. The van der Waals surface area contributed by atoms with Crippen molar-refractivity contribution in [1.82, 2.24) is 5.32 Å². The van der Waals surface area contributed by atoms with Gasteiger partial charge in [-0.3, -0.25) is 10.1 Å². The van der Waals surface area contributed by atoms with Crippen molar-refractivity contribution in [3.05, 3.63) is 80.6 Å². The summed E-state index contributed by atoms with van der Waals surface area (Å²) in [6.45, 7) is 1.98. The van der Waals surface area contributed by atoms with Crippen LogP contribution in [0, 0.1) is 34.3 Å². The maximum Gasteiger partial charge on any atom is 0.269 e. The first-order valence-corrected chi connectivity index (χ1v) is 9.85. The Bertz CT molecular complexity index is 1030. The highest BCUT2D eigenvalue weighted by Crippen LogP contribution is 2.52. The number of thiol groups is 1. The van der Waals surface area contributed by atoms with Crippen LogP contribution in [0.15, 0.2) is 59.4 Å². The van der Waals surface area contributed by atoms with Gasteiger partial charge in [-0.15, -0.1) is 12.6 Å². The highest BCUT2D eigenvalue weighted by atomic mass is 32.1. The zero-order valence-corrected chi connectivity index (χ0v) is 16.7. The van der Waals surface area contributed by atoms with Crippen LogP contribution in [0.2, 0.25) is 0 Å². The SMILES string of the molecule is Cc1cc[n+]([C@@H]2[C@H](c3ccc([N+](=O)[O-])cc3)C(C#N)=C(S)N[C@@]2(O)C2CC2)cc1. The summed E-state index contributed by atoms with van der Waals surface area (Å²) in [7, 11) is 0. The minimum atomic E-state index is -1.29. The number of non-ortho nitro benzene ring substituents is 1. The van der Waals surface area contributed by atoms with Crippen LogP contribution in [0.1, 0.15) is 35.9 Å². The lowest BCUT2D eigenvalue weighted by molar-refractivity contribution is -0.742. The predicted molar refractivity (Wildman–Crippen MR) is 109 cm³/mol. The quantitative estimate of drug-likeness (QED) is 0.312. The highest BCUT2D eigenvalue weighted by Gasteiger charge is 2.60. The molecule has 2 aromatic rings. The van der Waals surface area contributed by atoms with Gasteiger partial charge in [-0.05, 0) is 30.9 Å². The summed E-state index contributed by atoms with van der Waals surface area (Å²) in [5.74, 6) is -0.475. The van der Waals surface area contributed by atoms with E-state index in [4.69, 9.17) is 0 Å². The molecule has 3 atom stereocenters. The minimum absolute atomic E-state index is 0.0201. The molecule has 2 heterocycles. The lowest BCUT2D eigenvalue weighted by Gasteiger charge is -2.42. The maximum absolute atomic E-state index is 11.7. The third kappa shape index (κ3) is 3.37. The molecular weight excluding hydrogens is 388 g/mol. The highest BCUT2D eigenvalue weighted by molar-refractivity contribution is 7.84. The number of hydrogen-bond acceptors (Lipinski definition) is 6. The van der Waals surface area contributed by atoms with Crippen LogP contribution in [0.3, 0.4) is 0 Å². The maximum atomic E-state index is 11.7. The third-order valence-electron chi connectivity index (χ3n) is 5.77. The van der Waals surface area contributed by atoms with Gasteiger partial charge in [-0.2, -0.15) is 9.83 Å². The van der Waals surface area contributed by atoms with Gasteiger partial charge in [0.05, 0.1) is 27.5 Å². The van der Waals surface area contributed by atoms with Crippen molar-refractivity contribution in [3.63, 3.8) is 0 Å². The first kappa shape index (κ1) is 19.4. The number of pyridine rings is 1. The van der Waals surface area contributed by atoms with E-state index in [9.17, 15) is 20.5 Å². The zero-order chi connectivity index (χ0) is 20.8. The van der Waals surface area contributed by atoms with Gasteiger partial charge in [-0.25, -0.2) is 0 Å². The van der Waals surface area contributed by atoms with Crippen LogP contribution in [0.5, 0.6) is 0 Å². The van der Waals surface area contributed by atoms with Gasteiger partial charge in [0.15, 0.2) is 12.4 Å². The van der Waals surface area contributed by atoms with E-state index in [-0.39, 0.29) is 11.6 Å². The van der Waals surface area contributed by atoms with E-state index in [1.165, 1.54) is 12.1 Å². The number of nitriles is 1. The number of nitrogens with one attached hydrogen (secondary N) is 1. The second kappa shape index (κ2) is 7.17. The van der Waals surface area contributed by atoms with E-state index in [1.54, 1.807) is 12.1 Å². The Hall–Kier alpha value is -2.89. The molecule has 1 aromatic heterocycles. The van der Waals surface area contributed by atoms with Crippen molar-refractivity contribution >= 4 is 18.3 Å². The van der Waals surface area contributed by atoms with Crippen LogP contribution in [-0.2, 0) is 0 Å². The fourth-order valence-corrected chi connectivity index (χ4v) is 4.50. The summed E-state index contributed by atoms with van der Waals surface area (Å²) in [6, 6.07) is 11.8. The lowest BCUT2D eigenvalue weighted by Crippen LogP contribution is -2.65. The number of allylic oxidation sites excluding steroid dienone is 1. The van der Waals surface area contributed by atoms with Crippen LogP contribution >= 0.6 is 12.6 Å². The van der Waals surface area contributed by atoms with Crippen molar-refractivity contribution < 1.29 is 14.6 Å². The number of nitro groups is 1. The van der Waals surface area contributed by atoms with Gasteiger partial charge >= 0.3 is 0 Å². The molecule has 7 nitrogen and oxygen atoms in total. The molecule has 1 saturated carbocycles. The summed E-state index contributed by atoms with van der Waals surface area (Å²) in [5.41, 5.74) is 0.887. The van der Waals surface area contributed by atoms with E-state index in [1.807, 2.05) is 36.0 Å². The summed E-state index contributed by atoms with van der Waals surface area (Å²) in [5, 5.41) is 36.1. The summed E-state index contributed by atoms with van der Waals surface area (Å²) in [4.78, 5) is 10.6. The van der Waals surface area contributed by atoms with E-state index in [0.717, 1.165) is 24.0 Å². The first-order valence-electron chi connectivity index (χ1n) is 9.40. The molecule has 1 fully saturated rings. The Morgan fingerprint density at radius 2 is 1.90 bits per heavy atom. The summed E-state index contributed by atoms with van der Waals surface area (Å²) >= 11 is 4.47. The van der Waals surface area contributed by atoms with Crippen LogP contribution < -0.4 is 9.88 Å². The standard InChI is InChI=1S/C21H20N4O3S/c1-13-8-10-24(11-9-13)19-18(14-2-6-16(7-3-14)25(27)28)17(12-22)20(29)23-21(19,26)15-4-5-15/h2-3,6-11,15,18-19,23,26H,4-5H2,1H3/p+1/t18-,19-,21-/m1/s1. The number of nitrogens with zero attached hydrogens (tertiary/aromatic N) is 3. The van der Waals surface area contributed by atoms with Crippen molar-refractivity contribution in [1.29, 1.82) is 5.26 Å². The Morgan fingerprint density at radius 3 is 2.41 bits per heavy atom. The predicted octanol–water partition coefficient (Wildman–Crippen LogP) is 2.88. The molecule has 2 N–H and O–H groups in total. The molecule has 8 heteroatoms. The van der Waals surface area contributed by atoms with Crippen molar-refractivity contribution in [2.24, 2.45) is 5.92 Å². The number of rotatable bonds is 4. The Labute approximate surface area is 173 Å². The minimum Gasteiger partial charge on any atom is -0.365 e. The van der Waals surface area contributed by atoms with E-state index < -0.39 is 22.6 Å². The second-order valence-electron chi connectivity index (χ2n) is 7.69. The second-order valence-corrected chi connectivity index (χ2v) is 8.14. The number of aryl methyl sites for hydroxylation is 1. The molecule has 0 amide bonds. The van der Waals surface area contributed by atoms with Gasteiger partial charge in [0.2, 0.25) is 11.8 Å². The van der Waals surface area contributed by atoms with Gasteiger partial charge < -0.3 is 10.4 Å². The van der Waals surface area contributed by atoms with Crippen LogP contribution in [0.25, 0.3) is 0 Å². The molecule has 0 saturated heterocycles. The van der Waals surface area contributed by atoms with Crippen molar-refractivity contribution in [2.45, 2.75) is 37.5 Å². The van der Waals surface area contributed by atoms with Crippen LogP contribution in [-0.4, -0.2) is 15.8 Å². The molecule has 4 rings (SSSR count). The van der Waals surface area contributed by atoms with Crippen molar-refractivity contribution in [3.8, 4) is 6.07 Å². The molecule has 0 radical (unpaired) electrons. The fraction of sp³-hybridized carbons (Fsp3) is 0.333. The Morgan fingerprint density at radius 1 is 1.28 bits per heavy atom. The molecule has 0 bridgehead atoms. The van der Waals surface area contributed by atoms with E-state index >= 15 is 0 Å². The summed E-state index contributed by atoms with van der Waals surface area (Å²) < 4.78 is 1.92. The monoisotopic (exact) mass is 409 g/mol. The first-order chi connectivity index (χ1) is 13.8. The number of aromatic nitrogens is 1. The van der Waals surface area contributed by atoms with Gasteiger partial charge in [0.25, 0.3) is 5.69 Å². The Kier molecular flexibility index (Phi) is 4.81. The van der Waals surface area contributed by atoms with Gasteiger partial charge in [0, 0.05) is 30.2 Å². The Balaban J connectivity index is 1.90. The molecule has 1 aliphatic carbocycles. The molecule has 148 valence electrons. The van der Waals surface area contributed by atoms with Gasteiger partial charge in [0.1, 0.15) is 0 Å². The molecule has 1 aliphatic heterocycles. The normalized spacial score (nSPS) is 26.6. The topological polar surface area (TPSA) is 103 Å². The average Bonchev–Trinajstić information content (AvgIpc) is 3.54. The average molecular weight is 409 g/mol. The summed E-state index contributed by atoms with van der Waals surface area (Å²) in [6.07, 6.45) is 5.54. The lowest BCUT2D eigenvalue weighted by atomic mass is 9.76. The van der Waals surface area contributed by atoms with E-state index in [0.29, 0.717) is 10.6 Å². The number of nitro benzene ring substituents is 1. The fourth-order valence-electron chi connectivity index (χ4n) is 4.13. The zero-order valence-electron chi connectivity index (χ0n) is 15.8. The van der Waals surface area contributed by atoms with Gasteiger partial charge in [-0.1, -0.05) is 12.1 Å². The van der Waals surface area contributed by atoms with Crippen LogP contribution in [0.4, 0.5) is 5.69 Å². The molecule has 1 aromatic carbocycles. The van der Waals surface area contributed by atoms with E-state index in [2.05, 4.69) is 24.0 Å². The smallest absolute Gasteiger partial charge is 0.269 e. The molecule has 29 heavy (non-hydrogen) atoms. The number of benzene rings is 1. The third-order valence-corrected chi connectivity index (χ3v) is 6.13. The molecule has 0 spiro atoms. The largest absolute Gasteiger partial charge is 0.365 e. The van der Waals surface area contributed by atoms with Crippen molar-refractivity contribution in [2.75, 3.05) is 0 Å². The molecular formula is C21H21N4O3S+. The number of hydrogen-bond donors (Lipinski definition) is 3. The number of aliphatic hydroxyl groups is 1. The molecule has 0 unspecified atom stereocenters.